The van der Waals surface area contributed by atoms with Gasteiger partial charge in [-0.2, -0.15) is 0 Å². The zero-order valence-corrected chi connectivity index (χ0v) is 17.1. The normalized spacial score (nSPS) is 11.0. The number of benzene rings is 1. The first-order valence-corrected chi connectivity index (χ1v) is 9.50. The first kappa shape index (κ1) is 21.0. The Labute approximate surface area is 176 Å². The Morgan fingerprint density at radius 2 is 1.97 bits per heavy atom. The van der Waals surface area contributed by atoms with Crippen LogP contribution in [0.3, 0.4) is 0 Å². The molecule has 0 bridgehead atoms. The van der Waals surface area contributed by atoms with Crippen molar-refractivity contribution in [3.8, 4) is 22.8 Å². The van der Waals surface area contributed by atoms with Gasteiger partial charge in [-0.3, -0.25) is 14.6 Å². The molecule has 9 heteroatoms. The fraction of sp³-hybridized carbons (Fsp3) is 0.200. The lowest BCUT2D eigenvalue weighted by Gasteiger charge is -2.13. The van der Waals surface area contributed by atoms with E-state index in [9.17, 15) is 14.0 Å². The van der Waals surface area contributed by atoms with Crippen LogP contribution in [0.4, 0.5) is 4.39 Å². The molecule has 150 valence electrons. The molecule has 1 aromatic carbocycles. The van der Waals surface area contributed by atoms with Crippen LogP contribution in [0.15, 0.2) is 41.3 Å². The maximum Gasteiger partial charge on any atom is 0.251 e. The number of halogens is 3. The molecule has 2 heterocycles. The third kappa shape index (κ3) is 4.81. The molecular weight excluding hydrogens is 418 g/mol. The summed E-state index contributed by atoms with van der Waals surface area (Å²) in [6, 6.07) is 7.15. The molecule has 0 aliphatic rings. The lowest BCUT2D eigenvalue weighted by atomic mass is 10.1. The Morgan fingerprint density at radius 3 is 2.62 bits per heavy atom. The average molecular weight is 435 g/mol. The van der Waals surface area contributed by atoms with Gasteiger partial charge < -0.3 is 10.3 Å². The zero-order valence-electron chi connectivity index (χ0n) is 15.6. The van der Waals surface area contributed by atoms with E-state index < -0.39 is 11.4 Å². The number of carbonyl (C=O) groups excluding carboxylic acids is 1. The second kappa shape index (κ2) is 8.71. The number of carbonyl (C=O) groups is 1. The van der Waals surface area contributed by atoms with E-state index in [4.69, 9.17) is 23.2 Å². The summed E-state index contributed by atoms with van der Waals surface area (Å²) in [4.78, 5) is 34.9. The summed E-state index contributed by atoms with van der Waals surface area (Å²) in [6.07, 6.45) is 1.42. The average Bonchev–Trinajstić information content (AvgIpc) is 2.67. The van der Waals surface area contributed by atoms with Gasteiger partial charge in [-0.15, -0.1) is 0 Å². The Bertz CT molecular complexity index is 1110. The van der Waals surface area contributed by atoms with Crippen molar-refractivity contribution in [1.29, 1.82) is 0 Å². The van der Waals surface area contributed by atoms with E-state index in [-0.39, 0.29) is 40.5 Å². The molecule has 0 aliphatic carbocycles. The highest BCUT2D eigenvalue weighted by atomic mass is 35.5. The third-order valence-corrected chi connectivity index (χ3v) is 4.77. The number of aromatic amines is 1. The number of aromatic nitrogens is 3. The van der Waals surface area contributed by atoms with E-state index >= 15 is 0 Å². The van der Waals surface area contributed by atoms with Crippen molar-refractivity contribution in [3.05, 3.63) is 68.3 Å². The standard InChI is InChI=1S/C20H17Cl2FN4O2/c1-10(2)20(29)25-8-11-3-5-13(23)17(18(11)22)19-26-15(7-16(28)27-19)14-6-4-12(21)9-24-14/h3-7,9-10H,8H2,1-2H3,(H,25,29)(H,26,27,28). The molecule has 0 fully saturated rings. The molecule has 0 spiro atoms. The van der Waals surface area contributed by atoms with Gasteiger partial charge in [-0.1, -0.05) is 43.1 Å². The number of amides is 1. The molecule has 0 unspecified atom stereocenters. The van der Waals surface area contributed by atoms with Gasteiger partial charge in [0.05, 0.1) is 27.0 Å². The molecule has 0 saturated carbocycles. The number of nitrogens with zero attached hydrogens (tertiary/aromatic N) is 2. The number of hydrogen-bond acceptors (Lipinski definition) is 4. The van der Waals surface area contributed by atoms with Gasteiger partial charge in [0.1, 0.15) is 11.6 Å². The lowest BCUT2D eigenvalue weighted by molar-refractivity contribution is -0.124. The van der Waals surface area contributed by atoms with Gasteiger partial charge in [0.15, 0.2) is 0 Å². The van der Waals surface area contributed by atoms with Gasteiger partial charge in [0.25, 0.3) is 5.56 Å². The number of pyridine rings is 1. The monoisotopic (exact) mass is 434 g/mol. The van der Waals surface area contributed by atoms with Crippen LogP contribution in [-0.4, -0.2) is 20.9 Å². The first-order valence-electron chi connectivity index (χ1n) is 8.74. The van der Waals surface area contributed by atoms with Crippen molar-refractivity contribution in [3.63, 3.8) is 0 Å². The van der Waals surface area contributed by atoms with E-state index in [2.05, 4.69) is 20.3 Å². The topological polar surface area (TPSA) is 87.7 Å². The number of rotatable bonds is 5. The van der Waals surface area contributed by atoms with E-state index in [1.54, 1.807) is 26.0 Å². The largest absolute Gasteiger partial charge is 0.352 e. The predicted molar refractivity (Wildman–Crippen MR) is 110 cm³/mol. The van der Waals surface area contributed by atoms with Crippen molar-refractivity contribution in [2.75, 3.05) is 0 Å². The summed E-state index contributed by atoms with van der Waals surface area (Å²) in [5, 5.41) is 3.22. The van der Waals surface area contributed by atoms with E-state index in [0.717, 1.165) is 0 Å². The smallest absolute Gasteiger partial charge is 0.251 e. The zero-order chi connectivity index (χ0) is 21.1. The molecule has 29 heavy (non-hydrogen) atoms. The minimum atomic E-state index is -0.654. The molecule has 6 nitrogen and oxygen atoms in total. The van der Waals surface area contributed by atoms with Crippen molar-refractivity contribution in [2.24, 2.45) is 5.92 Å². The van der Waals surface area contributed by atoms with Gasteiger partial charge in [-0.25, -0.2) is 9.37 Å². The SMILES string of the molecule is CC(C)C(=O)NCc1ccc(F)c(-c2nc(-c3ccc(Cl)cn3)cc(=O)[nH]2)c1Cl. The highest BCUT2D eigenvalue weighted by molar-refractivity contribution is 6.34. The quantitative estimate of drug-likeness (QED) is 0.629. The number of H-pyrrole nitrogens is 1. The second-order valence-electron chi connectivity index (χ2n) is 6.61. The summed E-state index contributed by atoms with van der Waals surface area (Å²) in [7, 11) is 0. The van der Waals surface area contributed by atoms with Crippen molar-refractivity contribution in [2.45, 2.75) is 20.4 Å². The molecule has 0 saturated heterocycles. The molecule has 2 N–H and O–H groups in total. The summed E-state index contributed by atoms with van der Waals surface area (Å²) < 4.78 is 14.6. The van der Waals surface area contributed by atoms with Crippen molar-refractivity contribution in [1.82, 2.24) is 20.3 Å². The lowest BCUT2D eigenvalue weighted by Crippen LogP contribution is -2.27. The summed E-state index contributed by atoms with van der Waals surface area (Å²) >= 11 is 12.2. The van der Waals surface area contributed by atoms with Crippen molar-refractivity contribution < 1.29 is 9.18 Å². The maximum absolute atomic E-state index is 14.6. The van der Waals surface area contributed by atoms with E-state index in [1.807, 2.05) is 0 Å². The summed E-state index contributed by atoms with van der Waals surface area (Å²) in [5.74, 6) is -1.05. The van der Waals surface area contributed by atoms with Gasteiger partial charge in [-0.05, 0) is 23.8 Å². The van der Waals surface area contributed by atoms with E-state index in [1.165, 1.54) is 24.4 Å². The van der Waals surface area contributed by atoms with Crippen LogP contribution in [0.25, 0.3) is 22.8 Å². The van der Waals surface area contributed by atoms with Crippen LogP contribution in [0, 0.1) is 11.7 Å². The predicted octanol–water partition coefficient (Wildman–Crippen LogP) is 4.22. The van der Waals surface area contributed by atoms with Gasteiger partial charge >= 0.3 is 0 Å². The van der Waals surface area contributed by atoms with Crippen LogP contribution < -0.4 is 10.9 Å². The molecule has 0 radical (unpaired) electrons. The fourth-order valence-electron chi connectivity index (χ4n) is 2.57. The molecular formula is C20H17Cl2FN4O2. The first-order chi connectivity index (χ1) is 13.8. The molecule has 0 aliphatic heterocycles. The molecule has 3 rings (SSSR count). The Kier molecular flexibility index (Phi) is 6.30. The van der Waals surface area contributed by atoms with Crippen molar-refractivity contribution >= 4 is 29.1 Å². The Morgan fingerprint density at radius 1 is 1.21 bits per heavy atom. The summed E-state index contributed by atoms with van der Waals surface area (Å²) in [6.45, 7) is 3.64. The van der Waals surface area contributed by atoms with Crippen LogP contribution in [0.2, 0.25) is 10.0 Å². The van der Waals surface area contributed by atoms with Gasteiger partial charge in [0, 0.05) is 24.7 Å². The second-order valence-corrected chi connectivity index (χ2v) is 7.42. The highest BCUT2D eigenvalue weighted by Crippen LogP contribution is 2.32. The molecule has 1 amide bonds. The minimum Gasteiger partial charge on any atom is -0.352 e. The molecule has 2 aromatic heterocycles. The highest BCUT2D eigenvalue weighted by Gasteiger charge is 2.18. The van der Waals surface area contributed by atoms with Crippen LogP contribution >= 0.6 is 23.2 Å². The Hall–Kier alpha value is -2.77. The Balaban J connectivity index is 2.04. The number of hydrogen-bond donors (Lipinski definition) is 2. The molecule has 3 aromatic rings. The van der Waals surface area contributed by atoms with Gasteiger partial charge in [0.2, 0.25) is 5.91 Å². The fourth-order valence-corrected chi connectivity index (χ4v) is 2.99. The van der Waals surface area contributed by atoms with Crippen LogP contribution in [0.5, 0.6) is 0 Å². The third-order valence-electron chi connectivity index (χ3n) is 4.12. The van der Waals surface area contributed by atoms with Crippen LogP contribution in [0.1, 0.15) is 19.4 Å². The van der Waals surface area contributed by atoms with E-state index in [0.29, 0.717) is 16.3 Å². The van der Waals surface area contributed by atoms with Crippen LogP contribution in [-0.2, 0) is 11.3 Å². The minimum absolute atomic E-state index is 0.0382. The molecule has 0 atom stereocenters. The summed E-state index contributed by atoms with van der Waals surface area (Å²) in [5.41, 5.74) is 0.592. The number of nitrogens with one attached hydrogen (secondary N) is 2. The maximum atomic E-state index is 14.6.